The molecule has 0 spiro atoms. The molecule has 0 aromatic heterocycles. The first-order valence-electron chi connectivity index (χ1n) is 4.76. The lowest BCUT2D eigenvalue weighted by atomic mass is 10.2. The van der Waals surface area contributed by atoms with Gasteiger partial charge in [0.25, 0.3) is 0 Å². The van der Waals surface area contributed by atoms with E-state index in [-0.39, 0.29) is 0 Å². The first-order valence-corrected chi connectivity index (χ1v) is 4.76. The van der Waals surface area contributed by atoms with Gasteiger partial charge < -0.3 is 0 Å². The van der Waals surface area contributed by atoms with Gasteiger partial charge in [-0.1, -0.05) is 35.4 Å². The Morgan fingerprint density at radius 2 is 2.12 bits per heavy atom. The Balaban J connectivity index is 2.07. The number of hydrogen-bond acceptors (Lipinski definition) is 5. The van der Waals surface area contributed by atoms with Crippen molar-refractivity contribution in [3.8, 4) is 0 Å². The van der Waals surface area contributed by atoms with Crippen LogP contribution in [0.3, 0.4) is 0 Å². The zero-order valence-electron chi connectivity index (χ0n) is 8.41. The van der Waals surface area contributed by atoms with Crippen LogP contribution >= 0.6 is 0 Å². The molecule has 1 aliphatic rings. The Hall–Kier alpha value is -2.08. The maximum atomic E-state index is 10.9. The average molecular weight is 218 g/mol. The van der Waals surface area contributed by atoms with E-state index in [1.54, 1.807) is 0 Å². The molecule has 0 bridgehead atoms. The van der Waals surface area contributed by atoms with E-state index in [9.17, 15) is 10.1 Å². The lowest BCUT2D eigenvalue weighted by Crippen LogP contribution is -2.47. The molecule has 1 aliphatic heterocycles. The summed E-state index contributed by atoms with van der Waals surface area (Å²) in [4.78, 5) is 10.4. The summed E-state index contributed by atoms with van der Waals surface area (Å²) in [6.45, 7) is 0.366. The number of hydrogen-bond donors (Lipinski definition) is 1. The minimum absolute atomic E-state index is 0.366. The fraction of sp³-hybridized carbons (Fsp3) is 0.200. The van der Waals surface area contributed by atoms with Gasteiger partial charge in [-0.05, 0) is 5.56 Å². The molecule has 1 aromatic rings. The number of nitrogens with zero attached hydrogens (tertiary/aromatic N) is 3. The molecule has 0 aliphatic carbocycles. The van der Waals surface area contributed by atoms with Crippen LogP contribution in [-0.4, -0.2) is 10.7 Å². The molecule has 1 N–H and O–H groups in total. The molecule has 0 saturated carbocycles. The highest BCUT2D eigenvalue weighted by Gasteiger charge is 2.42. The van der Waals surface area contributed by atoms with Crippen LogP contribution in [0.2, 0.25) is 0 Å². The minimum atomic E-state index is -1.60. The smallest absolute Gasteiger partial charge is 0.261 e. The molecule has 16 heavy (non-hydrogen) atoms. The van der Waals surface area contributed by atoms with Crippen molar-refractivity contribution in [2.45, 2.75) is 12.3 Å². The van der Waals surface area contributed by atoms with Gasteiger partial charge in [0, 0.05) is 6.54 Å². The third-order valence-electron chi connectivity index (χ3n) is 2.26. The fourth-order valence-electron chi connectivity index (χ4n) is 1.38. The van der Waals surface area contributed by atoms with Crippen LogP contribution in [0.5, 0.6) is 0 Å². The van der Waals surface area contributed by atoms with Crippen molar-refractivity contribution >= 4 is 0 Å². The van der Waals surface area contributed by atoms with Crippen molar-refractivity contribution in [1.82, 2.24) is 5.32 Å². The van der Waals surface area contributed by atoms with E-state index in [1.165, 1.54) is 12.3 Å². The SMILES string of the molecule is O=[N+]([O-])C1(NCc2ccccc2)C=CN=N1. The van der Waals surface area contributed by atoms with Crippen molar-refractivity contribution in [2.24, 2.45) is 10.2 Å². The molecule has 1 heterocycles. The zero-order chi connectivity index (χ0) is 11.4. The van der Waals surface area contributed by atoms with Gasteiger partial charge in [0.15, 0.2) is 0 Å². The first kappa shape index (κ1) is 10.4. The van der Waals surface area contributed by atoms with E-state index < -0.39 is 10.7 Å². The summed E-state index contributed by atoms with van der Waals surface area (Å²) >= 11 is 0. The van der Waals surface area contributed by atoms with E-state index in [4.69, 9.17) is 0 Å². The molecule has 0 fully saturated rings. The lowest BCUT2D eigenvalue weighted by Gasteiger charge is -2.14. The van der Waals surface area contributed by atoms with Gasteiger partial charge in [-0.2, -0.15) is 5.11 Å². The number of benzene rings is 1. The van der Waals surface area contributed by atoms with Crippen LogP contribution in [0.15, 0.2) is 52.8 Å². The fourth-order valence-corrected chi connectivity index (χ4v) is 1.38. The first-order chi connectivity index (χ1) is 7.73. The van der Waals surface area contributed by atoms with E-state index in [2.05, 4.69) is 15.5 Å². The van der Waals surface area contributed by atoms with Crippen LogP contribution in [0.1, 0.15) is 5.56 Å². The maximum absolute atomic E-state index is 10.9. The van der Waals surface area contributed by atoms with Crippen molar-refractivity contribution in [3.05, 3.63) is 58.3 Å². The van der Waals surface area contributed by atoms with Crippen LogP contribution in [0, 0.1) is 10.1 Å². The summed E-state index contributed by atoms with van der Waals surface area (Å²) in [7, 11) is 0. The van der Waals surface area contributed by atoms with Crippen LogP contribution in [0.25, 0.3) is 0 Å². The number of azo groups is 1. The predicted molar refractivity (Wildman–Crippen MR) is 57.0 cm³/mol. The highest BCUT2D eigenvalue weighted by atomic mass is 16.6. The van der Waals surface area contributed by atoms with Gasteiger partial charge in [0.2, 0.25) is 0 Å². The van der Waals surface area contributed by atoms with Crippen molar-refractivity contribution < 1.29 is 4.92 Å². The summed E-state index contributed by atoms with van der Waals surface area (Å²) in [5, 5.41) is 20.7. The van der Waals surface area contributed by atoms with Crippen molar-refractivity contribution in [3.63, 3.8) is 0 Å². The van der Waals surface area contributed by atoms with E-state index in [0.29, 0.717) is 6.54 Å². The predicted octanol–water partition coefficient (Wildman–Crippen LogP) is 1.69. The van der Waals surface area contributed by atoms with Gasteiger partial charge in [0.1, 0.15) is 0 Å². The van der Waals surface area contributed by atoms with Gasteiger partial charge in [-0.3, -0.25) is 10.1 Å². The Kier molecular flexibility index (Phi) is 2.74. The molecule has 6 heteroatoms. The Bertz CT molecular complexity index is 429. The highest BCUT2D eigenvalue weighted by molar-refractivity contribution is 5.15. The van der Waals surface area contributed by atoms with Gasteiger partial charge in [-0.15, -0.1) is 0 Å². The van der Waals surface area contributed by atoms with Gasteiger partial charge in [-0.25, -0.2) is 5.32 Å². The van der Waals surface area contributed by atoms with E-state index >= 15 is 0 Å². The monoisotopic (exact) mass is 218 g/mol. The molecule has 82 valence electrons. The molecule has 2 rings (SSSR count). The second-order valence-electron chi connectivity index (χ2n) is 3.35. The molecule has 1 atom stereocenters. The molecule has 1 unspecified atom stereocenters. The quantitative estimate of drug-likeness (QED) is 0.474. The summed E-state index contributed by atoms with van der Waals surface area (Å²) < 4.78 is 0. The third kappa shape index (κ3) is 1.96. The van der Waals surface area contributed by atoms with Gasteiger partial charge in [0.05, 0.1) is 17.2 Å². The summed E-state index contributed by atoms with van der Waals surface area (Å²) in [5.74, 6) is -1.60. The zero-order valence-corrected chi connectivity index (χ0v) is 8.41. The second-order valence-corrected chi connectivity index (χ2v) is 3.35. The third-order valence-corrected chi connectivity index (χ3v) is 2.26. The number of nitro groups is 1. The minimum Gasteiger partial charge on any atom is -0.261 e. The van der Waals surface area contributed by atoms with Crippen LogP contribution in [0.4, 0.5) is 0 Å². The van der Waals surface area contributed by atoms with Crippen LogP contribution < -0.4 is 5.32 Å². The second kappa shape index (κ2) is 4.19. The molecule has 0 saturated heterocycles. The standard InChI is InChI=1S/C10H10N4O2/c15-14(16)10(6-7-12-13-10)11-8-9-4-2-1-3-5-9/h1-7,11H,8H2. The number of nitrogens with one attached hydrogen (secondary N) is 1. The molecular formula is C10H10N4O2. The summed E-state index contributed by atoms with van der Waals surface area (Å²) in [5.41, 5.74) is 0.958. The van der Waals surface area contributed by atoms with Crippen molar-refractivity contribution in [1.29, 1.82) is 0 Å². The summed E-state index contributed by atoms with van der Waals surface area (Å²) in [6.07, 6.45) is 2.65. The van der Waals surface area contributed by atoms with E-state index in [0.717, 1.165) is 5.56 Å². The van der Waals surface area contributed by atoms with Crippen LogP contribution in [-0.2, 0) is 6.54 Å². The summed E-state index contributed by atoms with van der Waals surface area (Å²) in [6, 6.07) is 9.42. The van der Waals surface area contributed by atoms with Crippen molar-refractivity contribution in [2.75, 3.05) is 0 Å². The number of rotatable bonds is 4. The molecule has 6 nitrogen and oxygen atoms in total. The maximum Gasteiger partial charge on any atom is 0.410 e. The highest BCUT2D eigenvalue weighted by Crippen LogP contribution is 2.17. The Labute approximate surface area is 91.8 Å². The topological polar surface area (TPSA) is 79.9 Å². The lowest BCUT2D eigenvalue weighted by molar-refractivity contribution is -0.561. The molecule has 0 radical (unpaired) electrons. The molecular weight excluding hydrogens is 208 g/mol. The Morgan fingerprint density at radius 1 is 1.38 bits per heavy atom. The molecule has 1 aromatic carbocycles. The normalized spacial score (nSPS) is 22.5. The molecule has 0 amide bonds. The van der Waals surface area contributed by atoms with Gasteiger partial charge >= 0.3 is 5.79 Å². The van der Waals surface area contributed by atoms with E-state index in [1.807, 2.05) is 30.3 Å². The Morgan fingerprint density at radius 3 is 2.69 bits per heavy atom. The average Bonchev–Trinajstić information content (AvgIpc) is 2.78. The largest absolute Gasteiger partial charge is 0.410 e.